The minimum atomic E-state index is -0.546. The summed E-state index contributed by atoms with van der Waals surface area (Å²) in [6.45, 7) is 0. The minimum Gasteiger partial charge on any atom is -0.324 e. The molecule has 1 saturated heterocycles. The first kappa shape index (κ1) is 19.2. The summed E-state index contributed by atoms with van der Waals surface area (Å²) in [6, 6.07) is 12.1. The lowest BCUT2D eigenvalue weighted by atomic mass is 9.84. The highest BCUT2D eigenvalue weighted by Gasteiger charge is 2.47. The maximum Gasteiger partial charge on any atom is 0.254 e. The number of anilines is 1. The van der Waals surface area contributed by atoms with Crippen molar-refractivity contribution in [2.45, 2.75) is 44.2 Å². The number of nitrogens with zero attached hydrogens (tertiary/aromatic N) is 1. The molecule has 0 spiro atoms. The summed E-state index contributed by atoms with van der Waals surface area (Å²) in [5.41, 5.74) is 1.71. The quantitative estimate of drug-likeness (QED) is 0.798. The number of terminal acetylenes is 1. The highest BCUT2D eigenvalue weighted by atomic mass is 19.1. The van der Waals surface area contributed by atoms with Crippen LogP contribution in [0.3, 0.4) is 0 Å². The van der Waals surface area contributed by atoms with Crippen molar-refractivity contribution in [3.8, 4) is 12.3 Å². The predicted molar refractivity (Wildman–Crippen MR) is 110 cm³/mol. The number of carbonyl (C=O) groups excluding carboxylic acids is 2. The van der Waals surface area contributed by atoms with E-state index in [1.165, 1.54) is 24.3 Å². The van der Waals surface area contributed by atoms with Crippen LogP contribution in [0.2, 0.25) is 0 Å². The first-order valence-corrected chi connectivity index (χ1v) is 10.0. The number of hydrogen-bond donors (Lipinski definition) is 1. The molecule has 4 rings (SSSR count). The van der Waals surface area contributed by atoms with Crippen LogP contribution in [0.25, 0.3) is 0 Å². The van der Waals surface area contributed by atoms with E-state index in [1.54, 1.807) is 29.2 Å². The highest BCUT2D eigenvalue weighted by Crippen LogP contribution is 2.40. The van der Waals surface area contributed by atoms with Crippen molar-refractivity contribution in [1.82, 2.24) is 4.90 Å². The van der Waals surface area contributed by atoms with Gasteiger partial charge in [0.2, 0.25) is 5.91 Å². The lowest BCUT2D eigenvalue weighted by Gasteiger charge is -2.33. The average Bonchev–Trinajstić information content (AvgIpc) is 3.13. The van der Waals surface area contributed by atoms with E-state index in [4.69, 9.17) is 6.42 Å². The van der Waals surface area contributed by atoms with Crippen LogP contribution in [0.4, 0.5) is 10.1 Å². The highest BCUT2D eigenvalue weighted by molar-refractivity contribution is 6.02. The molecule has 1 heterocycles. The van der Waals surface area contributed by atoms with Gasteiger partial charge in [0.1, 0.15) is 11.9 Å². The van der Waals surface area contributed by atoms with Crippen molar-refractivity contribution < 1.29 is 14.0 Å². The number of nitrogens with one attached hydrogen (secondary N) is 1. The zero-order chi connectivity index (χ0) is 20.4. The van der Waals surface area contributed by atoms with Gasteiger partial charge in [-0.15, -0.1) is 6.42 Å². The smallest absolute Gasteiger partial charge is 0.254 e. The Bertz CT molecular complexity index is 964. The Morgan fingerprint density at radius 3 is 2.62 bits per heavy atom. The van der Waals surface area contributed by atoms with E-state index in [-0.39, 0.29) is 23.7 Å². The third-order valence-electron chi connectivity index (χ3n) is 6.01. The molecule has 0 bridgehead atoms. The number of halogens is 1. The summed E-state index contributed by atoms with van der Waals surface area (Å²) in [5, 5.41) is 2.93. The molecule has 2 aliphatic rings. The van der Waals surface area contributed by atoms with Gasteiger partial charge in [-0.05, 0) is 67.6 Å². The lowest BCUT2D eigenvalue weighted by Crippen LogP contribution is -2.47. The summed E-state index contributed by atoms with van der Waals surface area (Å²) in [4.78, 5) is 28.2. The normalized spacial score (nSPS) is 23.2. The second-order valence-corrected chi connectivity index (χ2v) is 7.80. The molecule has 0 aromatic heterocycles. The fourth-order valence-corrected chi connectivity index (χ4v) is 4.64. The molecule has 0 unspecified atom stereocenters. The number of carbonyl (C=O) groups is 2. The molecule has 3 atom stereocenters. The van der Waals surface area contributed by atoms with Gasteiger partial charge in [0.25, 0.3) is 5.91 Å². The Morgan fingerprint density at radius 2 is 1.86 bits per heavy atom. The molecule has 1 aliphatic heterocycles. The number of benzene rings is 2. The van der Waals surface area contributed by atoms with Crippen molar-refractivity contribution in [2.75, 3.05) is 5.32 Å². The molecule has 2 amide bonds. The van der Waals surface area contributed by atoms with E-state index in [0.717, 1.165) is 25.7 Å². The molecular formula is C24H23FN2O2. The predicted octanol–water partition coefficient (Wildman–Crippen LogP) is 4.22. The Balaban J connectivity index is 1.60. The molecule has 2 aromatic carbocycles. The van der Waals surface area contributed by atoms with Crippen LogP contribution in [-0.4, -0.2) is 28.8 Å². The molecule has 5 heteroatoms. The van der Waals surface area contributed by atoms with E-state index >= 15 is 0 Å². The lowest BCUT2D eigenvalue weighted by molar-refractivity contribution is -0.120. The third kappa shape index (κ3) is 3.88. The van der Waals surface area contributed by atoms with E-state index in [9.17, 15) is 14.0 Å². The first-order valence-electron chi connectivity index (χ1n) is 10.0. The molecule has 2 fully saturated rings. The van der Waals surface area contributed by atoms with Crippen molar-refractivity contribution in [3.63, 3.8) is 0 Å². The monoisotopic (exact) mass is 390 g/mol. The van der Waals surface area contributed by atoms with Crippen molar-refractivity contribution in [1.29, 1.82) is 0 Å². The molecule has 4 nitrogen and oxygen atoms in total. The maximum atomic E-state index is 13.3. The second-order valence-electron chi connectivity index (χ2n) is 7.80. The largest absolute Gasteiger partial charge is 0.324 e. The van der Waals surface area contributed by atoms with E-state index in [1.807, 2.05) is 0 Å². The van der Waals surface area contributed by atoms with E-state index < -0.39 is 6.04 Å². The first-order chi connectivity index (χ1) is 14.1. The van der Waals surface area contributed by atoms with Gasteiger partial charge in [-0.25, -0.2) is 4.39 Å². The maximum absolute atomic E-state index is 13.3. The summed E-state index contributed by atoms with van der Waals surface area (Å²) in [6.07, 6.45) is 10.2. The van der Waals surface area contributed by atoms with Crippen LogP contribution in [0, 0.1) is 24.1 Å². The van der Waals surface area contributed by atoms with Crippen molar-refractivity contribution in [3.05, 3.63) is 65.5 Å². The van der Waals surface area contributed by atoms with E-state index in [0.29, 0.717) is 29.2 Å². The van der Waals surface area contributed by atoms with Crippen LogP contribution in [0.1, 0.15) is 48.0 Å². The number of hydrogen-bond acceptors (Lipinski definition) is 2. The number of rotatable bonds is 3. The summed E-state index contributed by atoms with van der Waals surface area (Å²) < 4.78 is 13.3. The molecule has 29 heavy (non-hydrogen) atoms. The molecule has 1 N–H and O–H groups in total. The molecule has 1 aliphatic carbocycles. The summed E-state index contributed by atoms with van der Waals surface area (Å²) >= 11 is 0. The molecular weight excluding hydrogens is 367 g/mol. The number of likely N-dealkylation sites (tertiary alicyclic amines) is 1. The van der Waals surface area contributed by atoms with Gasteiger partial charge in [-0.2, -0.15) is 0 Å². The zero-order valence-electron chi connectivity index (χ0n) is 16.1. The zero-order valence-corrected chi connectivity index (χ0v) is 16.1. The Labute approximate surface area is 170 Å². The van der Waals surface area contributed by atoms with Gasteiger partial charge in [-0.1, -0.05) is 24.8 Å². The fraction of sp³-hybridized carbons (Fsp3) is 0.333. The van der Waals surface area contributed by atoms with Gasteiger partial charge in [0.05, 0.1) is 0 Å². The van der Waals surface area contributed by atoms with Crippen LogP contribution in [0.5, 0.6) is 0 Å². The molecule has 1 saturated carbocycles. The Kier molecular flexibility index (Phi) is 5.35. The van der Waals surface area contributed by atoms with Crippen LogP contribution >= 0.6 is 0 Å². The average molecular weight is 390 g/mol. The Morgan fingerprint density at radius 1 is 1.10 bits per heavy atom. The SMILES string of the molecule is C#Cc1cccc(NC(=O)[C@@H]2C[C@@H]3CCCC[C@H]3N2C(=O)c2ccc(F)cc2)c1. The molecule has 2 aromatic rings. The number of amides is 2. The third-order valence-corrected chi connectivity index (χ3v) is 6.01. The van der Waals surface area contributed by atoms with Gasteiger partial charge >= 0.3 is 0 Å². The second kappa shape index (κ2) is 8.08. The van der Waals surface area contributed by atoms with Gasteiger partial charge < -0.3 is 10.2 Å². The van der Waals surface area contributed by atoms with Gasteiger partial charge in [0.15, 0.2) is 0 Å². The summed E-state index contributed by atoms with van der Waals surface area (Å²) in [7, 11) is 0. The van der Waals surface area contributed by atoms with Crippen LogP contribution < -0.4 is 5.32 Å². The van der Waals surface area contributed by atoms with E-state index in [2.05, 4.69) is 11.2 Å². The summed E-state index contributed by atoms with van der Waals surface area (Å²) in [5.74, 6) is 2.07. The fourth-order valence-electron chi connectivity index (χ4n) is 4.64. The van der Waals surface area contributed by atoms with Crippen LogP contribution in [-0.2, 0) is 4.79 Å². The van der Waals surface area contributed by atoms with Gasteiger partial charge in [0, 0.05) is 22.9 Å². The standard InChI is InChI=1S/C24H23FN2O2/c1-2-16-6-5-8-20(14-16)26-23(28)22-15-18-7-3-4-9-21(18)27(22)24(29)17-10-12-19(25)13-11-17/h1,5-6,8,10-14,18,21-22H,3-4,7,9,15H2,(H,26,28)/t18-,21+,22-/m0/s1. The van der Waals surface area contributed by atoms with Gasteiger partial charge in [-0.3, -0.25) is 9.59 Å². The number of fused-ring (bicyclic) bond motifs is 1. The minimum absolute atomic E-state index is 0.0501. The topological polar surface area (TPSA) is 49.4 Å². The Hall–Kier alpha value is -3.13. The molecule has 148 valence electrons. The van der Waals surface area contributed by atoms with Crippen molar-refractivity contribution in [2.24, 2.45) is 5.92 Å². The van der Waals surface area contributed by atoms with Crippen molar-refractivity contribution >= 4 is 17.5 Å². The van der Waals surface area contributed by atoms with Crippen LogP contribution in [0.15, 0.2) is 48.5 Å². The molecule has 0 radical (unpaired) electrons.